The van der Waals surface area contributed by atoms with Crippen LogP contribution in [0, 0.1) is 6.92 Å². The molecule has 1 aromatic heterocycles. The van der Waals surface area contributed by atoms with E-state index in [0.717, 1.165) is 11.3 Å². The van der Waals surface area contributed by atoms with Gasteiger partial charge in [-0.15, -0.1) is 0 Å². The van der Waals surface area contributed by atoms with Gasteiger partial charge in [0.15, 0.2) is 0 Å². The largest absolute Gasteiger partial charge is 0.495 e. The predicted molar refractivity (Wildman–Crippen MR) is 108 cm³/mol. The lowest BCUT2D eigenvalue weighted by atomic mass is 10.2. The summed E-state index contributed by atoms with van der Waals surface area (Å²) in [5.41, 5.74) is 2.89. The van der Waals surface area contributed by atoms with Crippen molar-refractivity contribution in [1.82, 2.24) is 9.78 Å². The second kappa shape index (κ2) is 8.33. The fraction of sp³-hybridized carbons (Fsp3) is 0.158. The van der Waals surface area contributed by atoms with Crippen LogP contribution in [0.25, 0.3) is 5.69 Å². The number of methoxy groups -OCH3 is 1. The molecule has 1 heterocycles. The van der Waals surface area contributed by atoms with Crippen LogP contribution in [0.3, 0.4) is 0 Å². The highest BCUT2D eigenvalue weighted by molar-refractivity contribution is 6.31. The normalized spacial score (nSPS) is 10.5. The molecule has 0 saturated heterocycles. The molecule has 0 aliphatic heterocycles. The SMILES string of the molecule is COc1cc(Cl)c(C)cc1NC(=O)CNc1cc(Cl)ccc1-n1cccn1. The second-order valence-corrected chi connectivity index (χ2v) is 6.66. The quantitative estimate of drug-likeness (QED) is 0.632. The van der Waals surface area contributed by atoms with Crippen LogP contribution in [-0.4, -0.2) is 29.3 Å². The number of ether oxygens (including phenoxy) is 1. The van der Waals surface area contributed by atoms with Crippen molar-refractivity contribution in [3.63, 3.8) is 0 Å². The molecule has 8 heteroatoms. The molecule has 2 N–H and O–H groups in total. The molecule has 0 spiro atoms. The Labute approximate surface area is 167 Å². The third-order valence-corrected chi connectivity index (χ3v) is 4.55. The number of hydrogen-bond donors (Lipinski definition) is 2. The molecular weight excluding hydrogens is 387 g/mol. The molecule has 27 heavy (non-hydrogen) atoms. The van der Waals surface area contributed by atoms with E-state index in [2.05, 4.69) is 15.7 Å². The van der Waals surface area contributed by atoms with E-state index in [0.29, 0.717) is 27.2 Å². The van der Waals surface area contributed by atoms with Crippen LogP contribution in [0.4, 0.5) is 11.4 Å². The molecule has 0 atom stereocenters. The summed E-state index contributed by atoms with van der Waals surface area (Å²) in [5.74, 6) is 0.264. The molecule has 0 bridgehead atoms. The van der Waals surface area contributed by atoms with Crippen molar-refractivity contribution in [1.29, 1.82) is 0 Å². The van der Waals surface area contributed by atoms with Gasteiger partial charge in [0.1, 0.15) is 5.75 Å². The molecule has 0 aliphatic carbocycles. The van der Waals surface area contributed by atoms with Gasteiger partial charge in [0.2, 0.25) is 5.91 Å². The third-order valence-electron chi connectivity index (χ3n) is 3.90. The van der Waals surface area contributed by atoms with Crippen LogP contribution in [0.1, 0.15) is 5.56 Å². The van der Waals surface area contributed by atoms with Crippen molar-refractivity contribution in [2.24, 2.45) is 0 Å². The highest BCUT2D eigenvalue weighted by Crippen LogP contribution is 2.31. The van der Waals surface area contributed by atoms with Crippen molar-refractivity contribution in [3.8, 4) is 11.4 Å². The van der Waals surface area contributed by atoms with Crippen molar-refractivity contribution in [2.45, 2.75) is 6.92 Å². The van der Waals surface area contributed by atoms with Crippen LogP contribution in [0.15, 0.2) is 48.8 Å². The predicted octanol–water partition coefficient (Wildman–Crippen LogP) is 4.55. The summed E-state index contributed by atoms with van der Waals surface area (Å²) in [4.78, 5) is 12.4. The number of carbonyl (C=O) groups is 1. The second-order valence-electron chi connectivity index (χ2n) is 5.82. The minimum atomic E-state index is -0.235. The monoisotopic (exact) mass is 404 g/mol. The number of hydrogen-bond acceptors (Lipinski definition) is 4. The number of rotatable bonds is 6. The maximum atomic E-state index is 12.4. The third kappa shape index (κ3) is 4.53. The van der Waals surface area contributed by atoms with Crippen molar-refractivity contribution in [3.05, 3.63) is 64.4 Å². The van der Waals surface area contributed by atoms with E-state index in [9.17, 15) is 4.79 Å². The number of anilines is 2. The van der Waals surface area contributed by atoms with Gasteiger partial charge >= 0.3 is 0 Å². The number of amides is 1. The number of carbonyl (C=O) groups excluding carboxylic acids is 1. The number of nitrogens with zero attached hydrogens (tertiary/aromatic N) is 2. The highest BCUT2D eigenvalue weighted by atomic mass is 35.5. The lowest BCUT2D eigenvalue weighted by Gasteiger charge is -2.14. The number of nitrogens with one attached hydrogen (secondary N) is 2. The Morgan fingerprint density at radius 1 is 1.22 bits per heavy atom. The summed E-state index contributed by atoms with van der Waals surface area (Å²) in [7, 11) is 1.53. The molecular formula is C19H18Cl2N4O2. The molecule has 1 amide bonds. The van der Waals surface area contributed by atoms with E-state index >= 15 is 0 Å². The van der Waals surface area contributed by atoms with E-state index < -0.39 is 0 Å². The van der Waals surface area contributed by atoms with Crippen LogP contribution >= 0.6 is 23.2 Å². The van der Waals surface area contributed by atoms with Gasteiger partial charge in [-0.3, -0.25) is 4.79 Å². The van der Waals surface area contributed by atoms with E-state index in [1.807, 2.05) is 25.3 Å². The first-order chi connectivity index (χ1) is 13.0. The standard InChI is InChI=1S/C19H18Cl2N4O2/c1-12-8-16(18(27-2)10-14(12)21)24-19(26)11-22-15-9-13(20)4-5-17(15)25-7-3-6-23-25/h3-10,22H,11H2,1-2H3,(H,24,26). The van der Waals surface area contributed by atoms with Gasteiger partial charge in [0, 0.05) is 28.5 Å². The Morgan fingerprint density at radius 3 is 2.74 bits per heavy atom. The molecule has 140 valence electrons. The molecule has 0 unspecified atom stereocenters. The van der Waals surface area contributed by atoms with Gasteiger partial charge in [-0.25, -0.2) is 4.68 Å². The molecule has 3 aromatic rings. The van der Waals surface area contributed by atoms with E-state index in [-0.39, 0.29) is 12.5 Å². The molecule has 0 saturated carbocycles. The fourth-order valence-corrected chi connectivity index (χ4v) is 2.89. The molecule has 0 fully saturated rings. The van der Waals surface area contributed by atoms with Gasteiger partial charge in [0.05, 0.1) is 30.7 Å². The minimum absolute atomic E-state index is 0.0411. The smallest absolute Gasteiger partial charge is 0.243 e. The Balaban J connectivity index is 1.74. The van der Waals surface area contributed by atoms with Gasteiger partial charge < -0.3 is 15.4 Å². The number of halogens is 2. The molecule has 0 radical (unpaired) electrons. The highest BCUT2D eigenvalue weighted by Gasteiger charge is 2.12. The van der Waals surface area contributed by atoms with Gasteiger partial charge in [-0.05, 0) is 42.8 Å². The van der Waals surface area contributed by atoms with Crippen LogP contribution in [0.2, 0.25) is 10.0 Å². The Kier molecular flexibility index (Phi) is 5.88. The Bertz CT molecular complexity index is 959. The molecule has 0 aliphatic rings. The number of aryl methyl sites for hydroxylation is 1. The van der Waals surface area contributed by atoms with E-state index in [4.69, 9.17) is 27.9 Å². The Morgan fingerprint density at radius 2 is 2.04 bits per heavy atom. The first-order valence-corrected chi connectivity index (χ1v) is 8.91. The summed E-state index contributed by atoms with van der Waals surface area (Å²) in [6.45, 7) is 1.90. The lowest BCUT2D eigenvalue weighted by molar-refractivity contribution is -0.114. The van der Waals surface area contributed by atoms with Gasteiger partial charge in [-0.1, -0.05) is 23.2 Å². The van der Waals surface area contributed by atoms with Gasteiger partial charge in [-0.2, -0.15) is 5.10 Å². The first-order valence-electron chi connectivity index (χ1n) is 8.15. The Hall–Kier alpha value is -2.70. The van der Waals surface area contributed by atoms with E-state index in [1.54, 1.807) is 35.1 Å². The van der Waals surface area contributed by atoms with Crippen LogP contribution in [0.5, 0.6) is 5.75 Å². The topological polar surface area (TPSA) is 68.2 Å². The summed E-state index contributed by atoms with van der Waals surface area (Å²) in [6, 6.07) is 10.6. The van der Waals surface area contributed by atoms with Crippen LogP contribution in [-0.2, 0) is 4.79 Å². The van der Waals surface area contributed by atoms with Crippen molar-refractivity contribution >= 4 is 40.5 Å². The first kappa shape index (κ1) is 19.1. The maximum absolute atomic E-state index is 12.4. The molecule has 3 rings (SSSR count). The minimum Gasteiger partial charge on any atom is -0.495 e. The number of aromatic nitrogens is 2. The zero-order valence-corrected chi connectivity index (χ0v) is 16.3. The summed E-state index contributed by atoms with van der Waals surface area (Å²) in [6.07, 6.45) is 3.50. The summed E-state index contributed by atoms with van der Waals surface area (Å²) >= 11 is 12.2. The van der Waals surface area contributed by atoms with Crippen molar-refractivity contribution < 1.29 is 9.53 Å². The zero-order chi connectivity index (χ0) is 19.4. The fourth-order valence-electron chi connectivity index (χ4n) is 2.56. The lowest BCUT2D eigenvalue weighted by Crippen LogP contribution is -2.22. The zero-order valence-electron chi connectivity index (χ0n) is 14.8. The maximum Gasteiger partial charge on any atom is 0.243 e. The molecule has 2 aromatic carbocycles. The van der Waals surface area contributed by atoms with Crippen molar-refractivity contribution in [2.75, 3.05) is 24.3 Å². The summed E-state index contributed by atoms with van der Waals surface area (Å²) in [5, 5.41) is 11.3. The summed E-state index contributed by atoms with van der Waals surface area (Å²) < 4.78 is 6.98. The van der Waals surface area contributed by atoms with E-state index in [1.165, 1.54) is 7.11 Å². The average Bonchev–Trinajstić information content (AvgIpc) is 3.17. The van der Waals surface area contributed by atoms with Crippen LogP contribution < -0.4 is 15.4 Å². The molecule has 6 nitrogen and oxygen atoms in total. The van der Waals surface area contributed by atoms with Gasteiger partial charge in [0.25, 0.3) is 0 Å². The number of benzene rings is 2. The average molecular weight is 405 g/mol.